The van der Waals surface area contributed by atoms with Crippen LogP contribution in [0.4, 0.5) is 0 Å². The number of amides is 1. The first kappa shape index (κ1) is 17.6. The van der Waals surface area contributed by atoms with Crippen LogP contribution in [0.5, 0.6) is 5.75 Å². The first-order valence-electron chi connectivity index (χ1n) is 7.37. The van der Waals surface area contributed by atoms with E-state index in [1.807, 2.05) is 13.0 Å². The maximum Gasteiger partial charge on any atom is 0.334 e. The van der Waals surface area contributed by atoms with E-state index in [1.165, 1.54) is 4.90 Å². The van der Waals surface area contributed by atoms with Gasteiger partial charge in [-0.2, -0.15) is 0 Å². The number of carbonyl (C=O) groups excluding carboxylic acids is 1. The van der Waals surface area contributed by atoms with E-state index in [1.54, 1.807) is 26.0 Å². The van der Waals surface area contributed by atoms with Crippen LogP contribution in [0, 0.1) is 6.92 Å². The van der Waals surface area contributed by atoms with Gasteiger partial charge < -0.3 is 19.5 Å². The van der Waals surface area contributed by atoms with Crippen LogP contribution in [0.15, 0.2) is 18.2 Å². The van der Waals surface area contributed by atoms with E-state index >= 15 is 0 Å². The molecule has 1 fully saturated rings. The Labute approximate surface area is 139 Å². The van der Waals surface area contributed by atoms with E-state index in [2.05, 4.69) is 0 Å². The van der Waals surface area contributed by atoms with E-state index in [-0.39, 0.29) is 18.6 Å². The lowest BCUT2D eigenvalue weighted by atomic mass is 10.2. The second kappa shape index (κ2) is 7.19. The molecule has 126 valence electrons. The van der Waals surface area contributed by atoms with Crippen molar-refractivity contribution in [1.82, 2.24) is 4.90 Å². The highest BCUT2D eigenvalue weighted by Crippen LogP contribution is 2.26. The zero-order valence-electron chi connectivity index (χ0n) is 13.3. The third-order valence-electron chi connectivity index (χ3n) is 3.59. The summed E-state index contributed by atoms with van der Waals surface area (Å²) in [5.41, 5.74) is 0.968. The molecule has 0 aromatic heterocycles. The first-order chi connectivity index (χ1) is 10.8. The molecule has 7 heteroatoms. The number of hydrogen-bond acceptors (Lipinski definition) is 4. The minimum Gasteiger partial charge on any atom is -0.479 e. The molecule has 1 saturated heterocycles. The summed E-state index contributed by atoms with van der Waals surface area (Å²) in [5, 5.41) is 9.51. The Kier molecular flexibility index (Phi) is 5.49. The molecule has 3 atom stereocenters. The number of hydrogen-bond donors (Lipinski definition) is 1. The number of carbonyl (C=O) groups is 2. The predicted octanol–water partition coefficient (Wildman–Crippen LogP) is 2.12. The lowest BCUT2D eigenvalue weighted by molar-refractivity contribution is -0.168. The van der Waals surface area contributed by atoms with Gasteiger partial charge in [-0.3, -0.25) is 4.79 Å². The van der Waals surface area contributed by atoms with Crippen molar-refractivity contribution >= 4 is 23.5 Å². The van der Waals surface area contributed by atoms with Crippen molar-refractivity contribution in [3.8, 4) is 5.75 Å². The second-order valence-corrected chi connectivity index (χ2v) is 6.12. The average Bonchev–Trinajstić information content (AvgIpc) is 2.49. The summed E-state index contributed by atoms with van der Waals surface area (Å²) in [6.07, 6.45) is -2.13. The Morgan fingerprint density at radius 3 is 2.78 bits per heavy atom. The van der Waals surface area contributed by atoms with Gasteiger partial charge in [-0.05, 0) is 38.5 Å². The molecule has 1 aliphatic heterocycles. The van der Waals surface area contributed by atoms with Crippen molar-refractivity contribution in [1.29, 1.82) is 0 Å². The predicted molar refractivity (Wildman–Crippen MR) is 84.8 cm³/mol. The molecule has 2 unspecified atom stereocenters. The Balaban J connectivity index is 2.06. The molecule has 0 radical (unpaired) electrons. The van der Waals surface area contributed by atoms with Crippen LogP contribution in [0.2, 0.25) is 5.02 Å². The fraction of sp³-hybridized carbons (Fsp3) is 0.500. The van der Waals surface area contributed by atoms with Gasteiger partial charge in [0.15, 0.2) is 12.2 Å². The highest BCUT2D eigenvalue weighted by Gasteiger charge is 2.34. The van der Waals surface area contributed by atoms with Crippen LogP contribution in [-0.4, -0.2) is 53.3 Å². The Morgan fingerprint density at radius 2 is 2.13 bits per heavy atom. The summed E-state index contributed by atoms with van der Waals surface area (Å²) in [6.45, 7) is 5.59. The number of carboxylic acids is 1. The number of rotatable bonds is 4. The third kappa shape index (κ3) is 4.36. The molecule has 2 rings (SSSR count). The lowest BCUT2D eigenvalue weighted by Crippen LogP contribution is -2.54. The highest BCUT2D eigenvalue weighted by atomic mass is 35.5. The molecule has 0 aliphatic carbocycles. The monoisotopic (exact) mass is 341 g/mol. The van der Waals surface area contributed by atoms with Crippen molar-refractivity contribution in [2.75, 3.05) is 13.1 Å². The van der Waals surface area contributed by atoms with Gasteiger partial charge in [-0.25, -0.2) is 4.79 Å². The summed E-state index contributed by atoms with van der Waals surface area (Å²) in [4.78, 5) is 25.1. The normalized spacial score (nSPS) is 22.5. The van der Waals surface area contributed by atoms with Crippen molar-refractivity contribution in [2.24, 2.45) is 0 Å². The van der Waals surface area contributed by atoms with E-state index < -0.39 is 18.2 Å². The van der Waals surface area contributed by atoms with Gasteiger partial charge in [-0.15, -0.1) is 0 Å². The van der Waals surface area contributed by atoms with Crippen LogP contribution in [0.3, 0.4) is 0 Å². The van der Waals surface area contributed by atoms with Crippen LogP contribution < -0.4 is 4.74 Å². The molecule has 0 spiro atoms. The zero-order chi connectivity index (χ0) is 17.1. The SMILES string of the molecule is Cc1ccc(Cl)c(OC(C)C(=O)N2CC(C(=O)O)O[C@H](C)C2)c1. The van der Waals surface area contributed by atoms with Crippen molar-refractivity contribution in [3.63, 3.8) is 0 Å². The molecule has 23 heavy (non-hydrogen) atoms. The maximum absolute atomic E-state index is 12.5. The van der Waals surface area contributed by atoms with Gasteiger partial charge >= 0.3 is 5.97 Å². The van der Waals surface area contributed by atoms with Crippen LogP contribution >= 0.6 is 11.6 Å². The van der Waals surface area contributed by atoms with Gasteiger partial charge in [0, 0.05) is 6.54 Å². The summed E-state index contributed by atoms with van der Waals surface area (Å²) in [7, 11) is 0. The topological polar surface area (TPSA) is 76.1 Å². The molecular weight excluding hydrogens is 322 g/mol. The minimum atomic E-state index is -1.08. The molecule has 0 saturated carbocycles. The standard InChI is InChI=1S/C16H20ClNO5/c1-9-4-5-12(17)13(6-9)23-11(3)15(19)18-7-10(2)22-14(8-18)16(20)21/h4-6,10-11,14H,7-8H2,1-3H3,(H,20,21)/t10-,11?,14?/m1/s1. The molecule has 1 aliphatic rings. The summed E-state index contributed by atoms with van der Waals surface area (Å²) >= 11 is 6.07. The fourth-order valence-corrected chi connectivity index (χ4v) is 2.63. The van der Waals surface area contributed by atoms with Gasteiger partial charge in [0.05, 0.1) is 17.7 Å². The number of aryl methyl sites for hydroxylation is 1. The fourth-order valence-electron chi connectivity index (χ4n) is 2.47. The molecule has 1 amide bonds. The van der Waals surface area contributed by atoms with Crippen LogP contribution in [-0.2, 0) is 14.3 Å². The maximum atomic E-state index is 12.5. The quantitative estimate of drug-likeness (QED) is 0.907. The smallest absolute Gasteiger partial charge is 0.334 e. The molecule has 1 heterocycles. The highest BCUT2D eigenvalue weighted by molar-refractivity contribution is 6.32. The van der Waals surface area contributed by atoms with E-state index in [0.717, 1.165) is 5.56 Å². The molecule has 1 N–H and O–H groups in total. The lowest BCUT2D eigenvalue weighted by Gasteiger charge is -2.36. The summed E-state index contributed by atoms with van der Waals surface area (Å²) < 4.78 is 11.0. The number of morpholine rings is 1. The van der Waals surface area contributed by atoms with Crippen molar-refractivity contribution < 1.29 is 24.2 Å². The Hall–Kier alpha value is -1.79. The van der Waals surface area contributed by atoms with E-state index in [9.17, 15) is 9.59 Å². The second-order valence-electron chi connectivity index (χ2n) is 5.71. The van der Waals surface area contributed by atoms with Gasteiger partial charge in [0.25, 0.3) is 5.91 Å². The molecular formula is C16H20ClNO5. The summed E-state index contributed by atoms with van der Waals surface area (Å²) in [5.74, 6) is -0.933. The van der Waals surface area contributed by atoms with Gasteiger partial charge in [0.1, 0.15) is 5.75 Å². The number of aliphatic carboxylic acids is 1. The average molecular weight is 342 g/mol. The Bertz CT molecular complexity index is 606. The van der Waals surface area contributed by atoms with Crippen LogP contribution in [0.1, 0.15) is 19.4 Å². The van der Waals surface area contributed by atoms with Gasteiger partial charge in [-0.1, -0.05) is 17.7 Å². The van der Waals surface area contributed by atoms with E-state index in [0.29, 0.717) is 17.3 Å². The van der Waals surface area contributed by atoms with Gasteiger partial charge in [0.2, 0.25) is 0 Å². The minimum absolute atomic E-state index is 0.00769. The number of halogens is 1. The van der Waals surface area contributed by atoms with Crippen LogP contribution in [0.25, 0.3) is 0 Å². The number of carboxylic acid groups (broad SMARTS) is 1. The summed E-state index contributed by atoms with van der Waals surface area (Å²) in [6, 6.07) is 5.32. The molecule has 6 nitrogen and oxygen atoms in total. The van der Waals surface area contributed by atoms with Crippen molar-refractivity contribution in [3.05, 3.63) is 28.8 Å². The number of benzene rings is 1. The largest absolute Gasteiger partial charge is 0.479 e. The molecule has 0 bridgehead atoms. The number of nitrogens with zero attached hydrogens (tertiary/aromatic N) is 1. The van der Waals surface area contributed by atoms with E-state index in [4.69, 9.17) is 26.2 Å². The number of ether oxygens (including phenoxy) is 2. The third-order valence-corrected chi connectivity index (χ3v) is 3.90. The first-order valence-corrected chi connectivity index (χ1v) is 7.75. The zero-order valence-corrected chi connectivity index (χ0v) is 14.0. The molecule has 1 aromatic rings. The Morgan fingerprint density at radius 1 is 1.43 bits per heavy atom. The van der Waals surface area contributed by atoms with Crippen molar-refractivity contribution in [2.45, 2.75) is 39.1 Å². The molecule has 1 aromatic carbocycles.